The fourth-order valence-corrected chi connectivity index (χ4v) is 3.50. The molecule has 1 fully saturated rings. The Labute approximate surface area is 123 Å². The second kappa shape index (κ2) is 6.31. The van der Waals surface area contributed by atoms with E-state index in [9.17, 15) is 4.79 Å². The maximum Gasteiger partial charge on any atom is 0.234 e. The summed E-state index contributed by atoms with van der Waals surface area (Å²) in [6.45, 7) is 0. The molecule has 2 aliphatic rings. The number of anilines is 1. The van der Waals surface area contributed by atoms with Crippen molar-refractivity contribution in [1.29, 1.82) is 0 Å². The number of hydrogen-bond acceptors (Lipinski definition) is 4. The van der Waals surface area contributed by atoms with Crippen LogP contribution in [0.3, 0.4) is 0 Å². The lowest BCUT2D eigenvalue weighted by Crippen LogP contribution is -2.36. The molecular weight excluding hydrogens is 270 g/mol. The standard InChI is InChI=1S/C15H19N3OS/c19-14(16-11-6-2-1-3-7-11)10-20-15-17-12-8-4-5-9-13(12)18-15/h1-3,6-7,12-13H,4-5,8-10H2,(H,16,19)(H,17,18)/t12-,13-/m0/s1. The van der Waals surface area contributed by atoms with Crippen LogP contribution in [0.25, 0.3) is 0 Å². The monoisotopic (exact) mass is 289 g/mol. The average molecular weight is 289 g/mol. The van der Waals surface area contributed by atoms with E-state index in [2.05, 4.69) is 15.6 Å². The van der Waals surface area contributed by atoms with Crippen LogP contribution >= 0.6 is 11.8 Å². The topological polar surface area (TPSA) is 53.5 Å². The van der Waals surface area contributed by atoms with Gasteiger partial charge in [0.25, 0.3) is 0 Å². The maximum atomic E-state index is 11.9. The zero-order valence-corrected chi connectivity index (χ0v) is 12.2. The van der Waals surface area contributed by atoms with E-state index in [-0.39, 0.29) is 5.91 Å². The summed E-state index contributed by atoms with van der Waals surface area (Å²) >= 11 is 1.50. The van der Waals surface area contributed by atoms with Gasteiger partial charge in [0.2, 0.25) is 5.91 Å². The van der Waals surface area contributed by atoms with Crippen LogP contribution in [0.2, 0.25) is 0 Å². The van der Waals surface area contributed by atoms with Crippen molar-refractivity contribution in [1.82, 2.24) is 5.32 Å². The van der Waals surface area contributed by atoms with E-state index in [4.69, 9.17) is 0 Å². The lowest BCUT2D eigenvalue weighted by atomic mass is 9.92. The first-order chi connectivity index (χ1) is 9.81. The van der Waals surface area contributed by atoms with Gasteiger partial charge in [-0.25, -0.2) is 0 Å². The largest absolute Gasteiger partial charge is 0.360 e. The zero-order valence-electron chi connectivity index (χ0n) is 11.3. The Morgan fingerprint density at radius 3 is 2.90 bits per heavy atom. The molecule has 1 aliphatic heterocycles. The highest BCUT2D eigenvalue weighted by molar-refractivity contribution is 8.14. The highest BCUT2D eigenvalue weighted by Gasteiger charge is 2.30. The summed E-state index contributed by atoms with van der Waals surface area (Å²) in [5.41, 5.74) is 0.841. The summed E-state index contributed by atoms with van der Waals surface area (Å²) in [5.74, 6) is 0.417. The van der Waals surface area contributed by atoms with Crippen LogP contribution in [0.4, 0.5) is 5.69 Å². The molecular formula is C15H19N3OS. The van der Waals surface area contributed by atoms with E-state index >= 15 is 0 Å². The number of hydrogen-bond donors (Lipinski definition) is 2. The Morgan fingerprint density at radius 2 is 2.10 bits per heavy atom. The van der Waals surface area contributed by atoms with Gasteiger partial charge in [-0.3, -0.25) is 9.79 Å². The molecule has 1 aromatic carbocycles. The van der Waals surface area contributed by atoms with Gasteiger partial charge in [-0.05, 0) is 25.0 Å². The van der Waals surface area contributed by atoms with Crippen LogP contribution < -0.4 is 10.6 Å². The van der Waals surface area contributed by atoms with Crippen LogP contribution in [-0.2, 0) is 4.79 Å². The van der Waals surface area contributed by atoms with Crippen LogP contribution in [0.5, 0.6) is 0 Å². The number of fused-ring (bicyclic) bond motifs is 1. The number of amides is 1. The molecule has 1 amide bonds. The van der Waals surface area contributed by atoms with Crippen molar-refractivity contribution < 1.29 is 4.79 Å². The molecule has 0 aromatic heterocycles. The molecule has 1 aliphatic carbocycles. The fraction of sp³-hybridized carbons (Fsp3) is 0.467. The third kappa shape index (κ3) is 3.33. The molecule has 2 atom stereocenters. The summed E-state index contributed by atoms with van der Waals surface area (Å²) in [6.07, 6.45) is 4.95. The van der Waals surface area contributed by atoms with E-state index in [0.29, 0.717) is 17.8 Å². The molecule has 0 saturated heterocycles. The van der Waals surface area contributed by atoms with Gasteiger partial charge >= 0.3 is 0 Å². The Balaban J connectivity index is 1.46. The van der Waals surface area contributed by atoms with Crippen molar-refractivity contribution in [3.8, 4) is 0 Å². The Bertz CT molecular complexity index is 503. The number of para-hydroxylation sites is 1. The van der Waals surface area contributed by atoms with Crippen LogP contribution in [0.15, 0.2) is 35.3 Å². The molecule has 0 radical (unpaired) electrons. The quantitative estimate of drug-likeness (QED) is 0.899. The van der Waals surface area contributed by atoms with Crippen LogP contribution in [0.1, 0.15) is 25.7 Å². The molecule has 20 heavy (non-hydrogen) atoms. The minimum absolute atomic E-state index is 0.0144. The van der Waals surface area contributed by atoms with Gasteiger partial charge < -0.3 is 10.6 Å². The molecule has 0 unspecified atom stereocenters. The average Bonchev–Trinajstić information content (AvgIpc) is 2.89. The van der Waals surface area contributed by atoms with Gasteiger partial charge in [0.1, 0.15) is 0 Å². The number of aliphatic imine (C=N–C) groups is 1. The Hall–Kier alpha value is -1.49. The molecule has 1 heterocycles. The lowest BCUT2D eigenvalue weighted by molar-refractivity contribution is -0.113. The van der Waals surface area contributed by atoms with E-state index in [1.807, 2.05) is 30.3 Å². The first kappa shape index (κ1) is 13.5. The minimum Gasteiger partial charge on any atom is -0.360 e. The molecule has 0 bridgehead atoms. The number of carbonyl (C=O) groups excluding carboxylic acids is 1. The van der Waals surface area contributed by atoms with E-state index < -0.39 is 0 Å². The van der Waals surface area contributed by atoms with E-state index in [1.165, 1.54) is 37.4 Å². The summed E-state index contributed by atoms with van der Waals surface area (Å²) in [4.78, 5) is 16.5. The molecule has 1 aromatic rings. The van der Waals surface area contributed by atoms with Crippen molar-refractivity contribution in [3.63, 3.8) is 0 Å². The first-order valence-corrected chi connectivity index (χ1v) is 8.12. The van der Waals surface area contributed by atoms with Crippen molar-refractivity contribution in [2.24, 2.45) is 4.99 Å². The lowest BCUT2D eigenvalue weighted by Gasteiger charge is -2.23. The smallest absolute Gasteiger partial charge is 0.234 e. The Kier molecular flexibility index (Phi) is 4.25. The number of carbonyl (C=O) groups is 1. The second-order valence-corrected chi connectivity index (χ2v) is 6.20. The van der Waals surface area contributed by atoms with Gasteiger partial charge in [-0.2, -0.15) is 0 Å². The fourth-order valence-electron chi connectivity index (χ4n) is 2.71. The summed E-state index contributed by atoms with van der Waals surface area (Å²) < 4.78 is 0. The molecule has 1 saturated carbocycles. The maximum absolute atomic E-state index is 11.9. The predicted octanol–water partition coefficient (Wildman–Crippen LogP) is 2.63. The predicted molar refractivity (Wildman–Crippen MR) is 84.1 cm³/mol. The molecule has 4 nitrogen and oxygen atoms in total. The number of benzene rings is 1. The number of amidine groups is 1. The van der Waals surface area contributed by atoms with E-state index in [0.717, 1.165) is 10.9 Å². The van der Waals surface area contributed by atoms with Gasteiger partial charge in [-0.15, -0.1) is 0 Å². The van der Waals surface area contributed by atoms with Crippen LogP contribution in [-0.4, -0.2) is 28.9 Å². The van der Waals surface area contributed by atoms with Crippen molar-refractivity contribution in [3.05, 3.63) is 30.3 Å². The van der Waals surface area contributed by atoms with E-state index in [1.54, 1.807) is 0 Å². The Morgan fingerprint density at radius 1 is 1.30 bits per heavy atom. The van der Waals surface area contributed by atoms with Crippen molar-refractivity contribution in [2.75, 3.05) is 11.1 Å². The molecule has 0 spiro atoms. The summed E-state index contributed by atoms with van der Waals surface area (Å²) in [7, 11) is 0. The molecule has 106 valence electrons. The summed E-state index contributed by atoms with van der Waals surface area (Å²) in [6, 6.07) is 10.5. The van der Waals surface area contributed by atoms with Crippen molar-refractivity contribution >= 4 is 28.5 Å². The highest BCUT2D eigenvalue weighted by Crippen LogP contribution is 2.26. The van der Waals surface area contributed by atoms with Gasteiger partial charge in [-0.1, -0.05) is 42.8 Å². The first-order valence-electron chi connectivity index (χ1n) is 7.13. The minimum atomic E-state index is 0.0144. The van der Waals surface area contributed by atoms with Crippen molar-refractivity contribution in [2.45, 2.75) is 37.8 Å². The number of nitrogens with zero attached hydrogens (tertiary/aromatic N) is 1. The van der Waals surface area contributed by atoms with Crippen LogP contribution in [0, 0.1) is 0 Å². The normalized spacial score (nSPS) is 24.5. The SMILES string of the molecule is O=C(CSC1=N[C@H]2CCCC[C@@H]2N1)Nc1ccccc1. The van der Waals surface area contributed by atoms with Gasteiger partial charge in [0.15, 0.2) is 5.17 Å². The number of nitrogens with one attached hydrogen (secondary N) is 2. The molecule has 2 N–H and O–H groups in total. The number of rotatable bonds is 3. The molecule has 3 rings (SSSR count). The van der Waals surface area contributed by atoms with Gasteiger partial charge in [0, 0.05) is 5.69 Å². The number of thioether (sulfide) groups is 1. The zero-order chi connectivity index (χ0) is 13.8. The second-order valence-electron chi connectivity index (χ2n) is 5.24. The third-order valence-electron chi connectivity index (χ3n) is 3.72. The molecule has 5 heteroatoms. The highest BCUT2D eigenvalue weighted by atomic mass is 32.2. The van der Waals surface area contributed by atoms with Gasteiger partial charge in [0.05, 0.1) is 17.8 Å². The summed E-state index contributed by atoms with van der Waals surface area (Å²) in [5, 5.41) is 7.27. The third-order valence-corrected chi connectivity index (χ3v) is 4.62.